The van der Waals surface area contributed by atoms with Gasteiger partial charge in [0.1, 0.15) is 6.07 Å². The average molecular weight is 324 g/mol. The van der Waals surface area contributed by atoms with Gasteiger partial charge in [0, 0.05) is 38.3 Å². The second kappa shape index (κ2) is 6.29. The molecule has 0 aromatic heterocycles. The molecule has 0 saturated carbocycles. The van der Waals surface area contributed by atoms with E-state index in [4.69, 9.17) is 5.26 Å². The van der Waals surface area contributed by atoms with Gasteiger partial charge in [-0.1, -0.05) is 0 Å². The van der Waals surface area contributed by atoms with Gasteiger partial charge in [0.25, 0.3) is 5.69 Å². The van der Waals surface area contributed by atoms with Gasteiger partial charge < -0.3 is 4.90 Å². The number of benzene rings is 1. The van der Waals surface area contributed by atoms with Crippen molar-refractivity contribution < 1.29 is 13.3 Å². The molecule has 22 heavy (non-hydrogen) atoms. The molecule has 1 fully saturated rings. The quantitative estimate of drug-likeness (QED) is 0.602. The van der Waals surface area contributed by atoms with Gasteiger partial charge in [-0.2, -0.15) is 9.57 Å². The summed E-state index contributed by atoms with van der Waals surface area (Å²) in [6.45, 7) is 3.19. The van der Waals surface area contributed by atoms with Gasteiger partial charge in [-0.15, -0.1) is 0 Å². The van der Waals surface area contributed by atoms with Crippen molar-refractivity contribution in [1.29, 1.82) is 5.26 Å². The normalized spacial score (nSPS) is 16.3. The number of hydrogen-bond donors (Lipinski definition) is 0. The number of non-ortho nitro benzene ring substituents is 1. The Morgan fingerprint density at radius 3 is 2.45 bits per heavy atom. The summed E-state index contributed by atoms with van der Waals surface area (Å²) in [6.07, 6.45) is 0. The first-order valence-corrected chi connectivity index (χ1v) is 8.41. The second-order valence-electron chi connectivity index (χ2n) is 4.86. The van der Waals surface area contributed by atoms with Crippen LogP contribution < -0.4 is 4.90 Å². The molecule has 0 bridgehead atoms. The third kappa shape index (κ3) is 3.18. The summed E-state index contributed by atoms with van der Waals surface area (Å²) in [5, 5.41) is 19.9. The topological polar surface area (TPSA) is 108 Å². The fourth-order valence-corrected chi connectivity index (χ4v) is 3.48. The number of nitriles is 1. The SMILES string of the molecule is CCS(=O)(=O)N1CCN(c2ccc([N+](=O)[O-])cc2C#N)CC1. The van der Waals surface area contributed by atoms with Gasteiger partial charge in [-0.3, -0.25) is 10.1 Å². The van der Waals surface area contributed by atoms with E-state index >= 15 is 0 Å². The van der Waals surface area contributed by atoms with Crippen LogP contribution in [-0.4, -0.2) is 49.6 Å². The Morgan fingerprint density at radius 2 is 1.95 bits per heavy atom. The van der Waals surface area contributed by atoms with Crippen LogP contribution in [0.15, 0.2) is 18.2 Å². The Morgan fingerprint density at radius 1 is 1.32 bits per heavy atom. The zero-order valence-electron chi connectivity index (χ0n) is 12.1. The molecule has 0 radical (unpaired) electrons. The van der Waals surface area contributed by atoms with Crippen molar-refractivity contribution in [3.8, 4) is 6.07 Å². The molecule has 1 aliphatic rings. The molecular formula is C13H16N4O4S. The van der Waals surface area contributed by atoms with Gasteiger partial charge in [-0.05, 0) is 13.0 Å². The number of rotatable bonds is 4. The largest absolute Gasteiger partial charge is 0.368 e. The maximum Gasteiger partial charge on any atom is 0.270 e. The molecule has 9 heteroatoms. The fourth-order valence-electron chi connectivity index (χ4n) is 2.39. The predicted octanol–water partition coefficient (Wildman–Crippen LogP) is 0.938. The zero-order valence-corrected chi connectivity index (χ0v) is 12.9. The summed E-state index contributed by atoms with van der Waals surface area (Å²) in [6, 6.07) is 6.10. The van der Waals surface area contributed by atoms with Crippen molar-refractivity contribution in [1.82, 2.24) is 4.31 Å². The molecule has 1 saturated heterocycles. The number of anilines is 1. The molecular weight excluding hydrogens is 308 g/mol. The first kappa shape index (κ1) is 16.2. The van der Waals surface area contributed by atoms with Crippen molar-refractivity contribution in [3.05, 3.63) is 33.9 Å². The predicted molar refractivity (Wildman–Crippen MR) is 81.1 cm³/mol. The van der Waals surface area contributed by atoms with Crippen LogP contribution >= 0.6 is 0 Å². The summed E-state index contributed by atoms with van der Waals surface area (Å²) in [7, 11) is -3.21. The van der Waals surface area contributed by atoms with Crippen molar-refractivity contribution in [2.75, 3.05) is 36.8 Å². The van der Waals surface area contributed by atoms with Crippen LogP contribution in [0.25, 0.3) is 0 Å². The highest BCUT2D eigenvalue weighted by molar-refractivity contribution is 7.89. The number of nitrogens with zero attached hydrogens (tertiary/aromatic N) is 4. The van der Waals surface area contributed by atoms with Crippen LogP contribution in [0.3, 0.4) is 0 Å². The monoisotopic (exact) mass is 324 g/mol. The number of piperazine rings is 1. The van der Waals surface area contributed by atoms with Crippen LogP contribution in [0.2, 0.25) is 0 Å². The summed E-state index contributed by atoms with van der Waals surface area (Å²) in [4.78, 5) is 12.1. The van der Waals surface area contributed by atoms with E-state index in [2.05, 4.69) is 0 Å². The summed E-state index contributed by atoms with van der Waals surface area (Å²) >= 11 is 0. The number of sulfonamides is 1. The summed E-state index contributed by atoms with van der Waals surface area (Å²) in [5.74, 6) is 0.0635. The molecule has 0 aliphatic carbocycles. The van der Waals surface area contributed by atoms with Gasteiger partial charge in [0.15, 0.2) is 0 Å². The smallest absolute Gasteiger partial charge is 0.270 e. The average Bonchev–Trinajstić information content (AvgIpc) is 2.54. The molecule has 0 unspecified atom stereocenters. The number of nitro benzene ring substituents is 1. The van der Waals surface area contributed by atoms with E-state index in [0.29, 0.717) is 31.9 Å². The van der Waals surface area contributed by atoms with Gasteiger partial charge in [0.05, 0.1) is 21.9 Å². The van der Waals surface area contributed by atoms with Gasteiger partial charge in [-0.25, -0.2) is 8.42 Å². The fraction of sp³-hybridized carbons (Fsp3) is 0.462. The van der Waals surface area contributed by atoms with E-state index in [1.54, 1.807) is 13.0 Å². The van der Waals surface area contributed by atoms with E-state index in [0.717, 1.165) is 0 Å². The van der Waals surface area contributed by atoms with Gasteiger partial charge >= 0.3 is 0 Å². The van der Waals surface area contributed by atoms with Crippen LogP contribution in [0.5, 0.6) is 0 Å². The zero-order chi connectivity index (χ0) is 16.3. The number of nitro groups is 1. The first-order chi connectivity index (χ1) is 10.4. The van der Waals surface area contributed by atoms with Gasteiger partial charge in [0.2, 0.25) is 10.0 Å². The molecule has 0 amide bonds. The second-order valence-corrected chi connectivity index (χ2v) is 7.11. The van der Waals surface area contributed by atoms with E-state index in [-0.39, 0.29) is 17.0 Å². The van der Waals surface area contributed by atoms with Crippen LogP contribution in [0.4, 0.5) is 11.4 Å². The minimum Gasteiger partial charge on any atom is -0.368 e. The molecule has 1 aliphatic heterocycles. The highest BCUT2D eigenvalue weighted by atomic mass is 32.2. The maximum absolute atomic E-state index is 11.8. The Balaban J connectivity index is 2.18. The molecule has 0 N–H and O–H groups in total. The van der Waals surface area contributed by atoms with Crippen molar-refractivity contribution in [3.63, 3.8) is 0 Å². The lowest BCUT2D eigenvalue weighted by Crippen LogP contribution is -2.49. The third-order valence-corrected chi connectivity index (χ3v) is 5.53. The summed E-state index contributed by atoms with van der Waals surface area (Å²) < 4.78 is 25.1. The van der Waals surface area contributed by atoms with E-state index in [1.807, 2.05) is 11.0 Å². The van der Waals surface area contributed by atoms with E-state index in [1.165, 1.54) is 16.4 Å². The molecule has 2 rings (SSSR count). The highest BCUT2D eigenvalue weighted by Gasteiger charge is 2.26. The molecule has 1 heterocycles. The molecule has 1 aromatic carbocycles. The Bertz CT molecular complexity index is 718. The lowest BCUT2D eigenvalue weighted by molar-refractivity contribution is -0.384. The van der Waals surface area contributed by atoms with Crippen molar-refractivity contribution >= 4 is 21.4 Å². The van der Waals surface area contributed by atoms with Crippen LogP contribution in [0.1, 0.15) is 12.5 Å². The minimum atomic E-state index is -3.21. The molecule has 1 aromatic rings. The standard InChI is InChI=1S/C13H16N4O4S/c1-2-22(20,21)16-7-5-15(6-8-16)13-4-3-12(17(18)19)9-11(13)10-14/h3-4,9H,2,5-8H2,1H3. The summed E-state index contributed by atoms with van der Waals surface area (Å²) in [5.41, 5.74) is 0.690. The molecule has 8 nitrogen and oxygen atoms in total. The molecule has 0 spiro atoms. The minimum absolute atomic E-state index is 0.0635. The third-order valence-electron chi connectivity index (χ3n) is 3.65. The highest BCUT2D eigenvalue weighted by Crippen LogP contribution is 2.26. The first-order valence-electron chi connectivity index (χ1n) is 6.80. The van der Waals surface area contributed by atoms with Crippen LogP contribution in [-0.2, 0) is 10.0 Å². The van der Waals surface area contributed by atoms with E-state index < -0.39 is 14.9 Å². The lowest BCUT2D eigenvalue weighted by Gasteiger charge is -2.35. The lowest BCUT2D eigenvalue weighted by atomic mass is 10.1. The Labute approximate surface area is 128 Å². The van der Waals surface area contributed by atoms with E-state index in [9.17, 15) is 18.5 Å². The van der Waals surface area contributed by atoms with Crippen molar-refractivity contribution in [2.45, 2.75) is 6.92 Å². The van der Waals surface area contributed by atoms with Crippen LogP contribution in [0, 0.1) is 21.4 Å². The van der Waals surface area contributed by atoms with Crippen molar-refractivity contribution in [2.24, 2.45) is 0 Å². The number of hydrogen-bond acceptors (Lipinski definition) is 6. The Kier molecular flexibility index (Phi) is 4.63. The Hall–Kier alpha value is -2.18. The molecule has 118 valence electrons. The molecule has 0 atom stereocenters. The maximum atomic E-state index is 11.8.